The van der Waals surface area contributed by atoms with Crippen LogP contribution in [0.15, 0.2) is 18.2 Å². The van der Waals surface area contributed by atoms with Crippen LogP contribution >= 0.6 is 0 Å². The Hall–Kier alpha value is -2.85. The van der Waals surface area contributed by atoms with Crippen LogP contribution in [0.25, 0.3) is 0 Å². The smallest absolute Gasteiger partial charge is 0.330 e. The number of benzene rings is 1. The van der Waals surface area contributed by atoms with Gasteiger partial charge in [0.1, 0.15) is 6.04 Å². The number of esters is 3. The van der Waals surface area contributed by atoms with Gasteiger partial charge in [-0.2, -0.15) is 0 Å². The van der Waals surface area contributed by atoms with E-state index in [0.717, 1.165) is 0 Å². The number of carbonyl (C=O) groups excluding carboxylic acids is 3. The lowest BCUT2D eigenvalue weighted by molar-refractivity contribution is -0.146. The molecule has 0 heterocycles. The number of hydrogen-bond acceptors (Lipinski definition) is 10. The predicted octanol–water partition coefficient (Wildman–Crippen LogP) is 1.71. The van der Waals surface area contributed by atoms with Crippen molar-refractivity contribution in [3.05, 3.63) is 18.2 Å². The lowest BCUT2D eigenvalue weighted by Gasteiger charge is -2.30. The van der Waals surface area contributed by atoms with Crippen LogP contribution in [-0.4, -0.2) is 70.0 Å². The Kier molecular flexibility index (Phi) is 12.0. The minimum Gasteiger partial charge on any atom is -0.493 e. The van der Waals surface area contributed by atoms with Crippen molar-refractivity contribution in [2.75, 3.05) is 41.0 Å². The summed E-state index contributed by atoms with van der Waals surface area (Å²) in [7, 11) is 4.21. The average Bonchev–Trinajstić information content (AvgIpc) is 2.77. The molecular weight excluding hydrogens is 408 g/mol. The molecule has 0 aromatic heterocycles. The Bertz CT molecular complexity index is 703. The maximum atomic E-state index is 13.0. The third-order valence-corrected chi connectivity index (χ3v) is 4.35. The topological polar surface area (TPSA) is 113 Å². The first-order chi connectivity index (χ1) is 14.9. The van der Waals surface area contributed by atoms with E-state index in [1.807, 2.05) is 6.92 Å². The zero-order valence-corrected chi connectivity index (χ0v) is 18.8. The predicted molar refractivity (Wildman–Crippen MR) is 112 cm³/mol. The number of carbonyl (C=O) groups is 3. The molecule has 0 radical (unpaired) electrons. The van der Waals surface area contributed by atoms with Crippen molar-refractivity contribution in [1.29, 1.82) is 0 Å². The molecule has 1 rings (SSSR count). The summed E-state index contributed by atoms with van der Waals surface area (Å²) in [5.74, 6) is -0.504. The first-order valence-corrected chi connectivity index (χ1v) is 10.1. The molecule has 10 heteroatoms. The van der Waals surface area contributed by atoms with E-state index in [1.165, 1.54) is 21.3 Å². The summed E-state index contributed by atoms with van der Waals surface area (Å²) in [5, 5.41) is 1.57. The monoisotopic (exact) mass is 440 g/mol. The molecule has 0 aliphatic rings. The van der Waals surface area contributed by atoms with E-state index in [2.05, 4.69) is 10.2 Å². The molecule has 0 saturated heterocycles. The molecule has 0 aliphatic carbocycles. The molecule has 1 aromatic carbocycles. The van der Waals surface area contributed by atoms with Gasteiger partial charge in [0.2, 0.25) is 5.75 Å². The molecule has 1 atom stereocenters. The average molecular weight is 440 g/mol. The molecule has 0 amide bonds. The maximum Gasteiger partial charge on any atom is 0.330 e. The summed E-state index contributed by atoms with van der Waals surface area (Å²) in [6, 6.07) is 4.27. The highest BCUT2D eigenvalue weighted by atomic mass is 16.6. The largest absolute Gasteiger partial charge is 0.493 e. The van der Waals surface area contributed by atoms with Gasteiger partial charge in [-0.25, -0.2) is 9.80 Å². The number of rotatable bonds is 14. The molecule has 31 heavy (non-hydrogen) atoms. The molecule has 1 unspecified atom stereocenters. The van der Waals surface area contributed by atoms with Crippen LogP contribution < -0.4 is 19.6 Å². The number of nitrogens with zero attached hydrogens (tertiary/aromatic N) is 1. The summed E-state index contributed by atoms with van der Waals surface area (Å²) in [6.45, 7) is 4.22. The molecule has 0 spiro atoms. The Morgan fingerprint density at radius 1 is 1.00 bits per heavy atom. The van der Waals surface area contributed by atoms with Crippen LogP contribution in [0.1, 0.15) is 33.1 Å². The Balaban J connectivity index is 2.98. The van der Waals surface area contributed by atoms with Gasteiger partial charge >= 0.3 is 17.9 Å². The van der Waals surface area contributed by atoms with E-state index >= 15 is 0 Å². The van der Waals surface area contributed by atoms with Crippen LogP contribution in [0.2, 0.25) is 0 Å². The third-order valence-electron chi connectivity index (χ3n) is 4.35. The van der Waals surface area contributed by atoms with Gasteiger partial charge in [0.15, 0.2) is 11.5 Å². The van der Waals surface area contributed by atoms with Gasteiger partial charge in [-0.05, 0) is 25.5 Å². The zero-order chi connectivity index (χ0) is 23.2. The van der Waals surface area contributed by atoms with Crippen LogP contribution in [0.5, 0.6) is 17.2 Å². The van der Waals surface area contributed by atoms with Gasteiger partial charge in [-0.1, -0.05) is 13.0 Å². The number of hydrazine groups is 1. The van der Waals surface area contributed by atoms with Gasteiger partial charge in [0.25, 0.3) is 0 Å². The highest BCUT2D eigenvalue weighted by Crippen LogP contribution is 2.37. The van der Waals surface area contributed by atoms with Crippen LogP contribution in [-0.2, 0) is 23.9 Å². The molecule has 0 bridgehead atoms. The van der Waals surface area contributed by atoms with Crippen molar-refractivity contribution >= 4 is 17.9 Å². The maximum absolute atomic E-state index is 13.0. The van der Waals surface area contributed by atoms with E-state index in [0.29, 0.717) is 17.9 Å². The summed E-state index contributed by atoms with van der Waals surface area (Å²) in [4.78, 5) is 36.3. The molecule has 0 saturated carbocycles. The van der Waals surface area contributed by atoms with E-state index < -0.39 is 18.0 Å². The molecule has 0 aliphatic heterocycles. The lowest BCUT2D eigenvalue weighted by Crippen LogP contribution is -2.52. The van der Waals surface area contributed by atoms with Crippen molar-refractivity contribution in [3.63, 3.8) is 0 Å². The van der Waals surface area contributed by atoms with Crippen LogP contribution in [0.3, 0.4) is 0 Å². The van der Waals surface area contributed by atoms with Crippen molar-refractivity contribution in [2.45, 2.75) is 39.2 Å². The second-order valence-electron chi connectivity index (χ2n) is 6.32. The van der Waals surface area contributed by atoms with Crippen molar-refractivity contribution in [3.8, 4) is 17.2 Å². The fourth-order valence-corrected chi connectivity index (χ4v) is 2.79. The fraction of sp³-hybridized carbons (Fsp3) is 0.571. The number of methoxy groups -OCH3 is 3. The molecule has 0 fully saturated rings. The standard InChI is InChI=1S/C21H32N2O8/c1-6-15(21(26)31-20-16(27-3)9-8-10-17(20)28-4)23(14-12-18(24)29-5)22-13-11-19(25)30-7-2/h8-10,15,22H,6-7,11-14H2,1-5H3. The second-order valence-corrected chi connectivity index (χ2v) is 6.32. The summed E-state index contributed by atoms with van der Waals surface area (Å²) in [5.41, 5.74) is 3.02. The van der Waals surface area contributed by atoms with E-state index in [-0.39, 0.29) is 44.3 Å². The Labute approximate surface area is 182 Å². The number of ether oxygens (including phenoxy) is 5. The summed E-state index contributed by atoms with van der Waals surface area (Å²) in [6.07, 6.45) is 0.531. The van der Waals surface area contributed by atoms with Crippen LogP contribution in [0, 0.1) is 0 Å². The SMILES string of the molecule is CCOC(=O)CCNN(CCC(=O)OC)C(CC)C(=O)Oc1c(OC)cccc1OC. The fourth-order valence-electron chi connectivity index (χ4n) is 2.79. The number of para-hydroxylation sites is 1. The highest BCUT2D eigenvalue weighted by Gasteiger charge is 2.29. The Morgan fingerprint density at radius 2 is 1.65 bits per heavy atom. The minimum atomic E-state index is -0.749. The normalized spacial score (nSPS) is 11.5. The Morgan fingerprint density at radius 3 is 2.16 bits per heavy atom. The van der Waals surface area contributed by atoms with Crippen molar-refractivity contribution in [1.82, 2.24) is 10.4 Å². The minimum absolute atomic E-state index is 0.0463. The lowest BCUT2D eigenvalue weighted by atomic mass is 10.2. The molecular formula is C21H32N2O8. The third kappa shape index (κ3) is 8.42. The molecule has 1 aromatic rings. The first-order valence-electron chi connectivity index (χ1n) is 10.1. The number of nitrogens with one attached hydrogen (secondary N) is 1. The van der Waals surface area contributed by atoms with Gasteiger partial charge in [-0.15, -0.1) is 0 Å². The second kappa shape index (κ2) is 14.2. The zero-order valence-electron chi connectivity index (χ0n) is 18.8. The highest BCUT2D eigenvalue weighted by molar-refractivity contribution is 5.80. The van der Waals surface area contributed by atoms with Gasteiger partial charge in [0, 0.05) is 13.1 Å². The van der Waals surface area contributed by atoms with Crippen molar-refractivity contribution in [2.24, 2.45) is 0 Å². The van der Waals surface area contributed by atoms with E-state index in [1.54, 1.807) is 30.1 Å². The van der Waals surface area contributed by atoms with E-state index in [4.69, 9.17) is 18.9 Å². The summed E-state index contributed by atoms with van der Waals surface area (Å²) < 4.78 is 25.8. The van der Waals surface area contributed by atoms with Gasteiger partial charge in [0.05, 0.1) is 40.8 Å². The van der Waals surface area contributed by atoms with Gasteiger partial charge < -0.3 is 23.7 Å². The molecule has 174 valence electrons. The molecule has 10 nitrogen and oxygen atoms in total. The summed E-state index contributed by atoms with van der Waals surface area (Å²) >= 11 is 0. The van der Waals surface area contributed by atoms with Crippen LogP contribution in [0.4, 0.5) is 0 Å². The van der Waals surface area contributed by atoms with E-state index in [9.17, 15) is 14.4 Å². The van der Waals surface area contributed by atoms with Crippen molar-refractivity contribution < 1.29 is 38.1 Å². The number of hydrogen-bond donors (Lipinski definition) is 1. The first kappa shape index (κ1) is 26.2. The molecule has 1 N–H and O–H groups in total. The quantitative estimate of drug-likeness (QED) is 0.261. The van der Waals surface area contributed by atoms with Gasteiger partial charge in [-0.3, -0.25) is 15.0 Å².